The van der Waals surface area contributed by atoms with Crippen LogP contribution in [0.5, 0.6) is 5.75 Å². The third-order valence-electron chi connectivity index (χ3n) is 4.99. The van der Waals surface area contributed by atoms with Gasteiger partial charge in [-0.25, -0.2) is 0 Å². The second-order valence-corrected chi connectivity index (χ2v) is 7.03. The van der Waals surface area contributed by atoms with Crippen LogP contribution >= 0.6 is 0 Å². The zero-order chi connectivity index (χ0) is 20.2. The van der Waals surface area contributed by atoms with Crippen LogP contribution in [-0.2, 0) is 6.54 Å². The number of nitriles is 1. The Hall–Kier alpha value is -3.78. The molecule has 0 saturated carbocycles. The molecule has 0 aliphatic carbocycles. The van der Waals surface area contributed by atoms with Crippen LogP contribution in [0.4, 0.5) is 5.69 Å². The Morgan fingerprint density at radius 1 is 1.03 bits per heavy atom. The molecule has 0 saturated heterocycles. The number of fused-ring (bicyclic) bond motifs is 1. The van der Waals surface area contributed by atoms with E-state index in [1.54, 1.807) is 0 Å². The highest BCUT2D eigenvalue weighted by atomic mass is 16.5. The van der Waals surface area contributed by atoms with E-state index < -0.39 is 0 Å². The van der Waals surface area contributed by atoms with Gasteiger partial charge in [0, 0.05) is 12.2 Å². The number of para-hydroxylation sites is 1. The first-order valence-electron chi connectivity index (χ1n) is 9.47. The van der Waals surface area contributed by atoms with E-state index >= 15 is 0 Å². The fourth-order valence-electron chi connectivity index (χ4n) is 3.47. The van der Waals surface area contributed by atoms with Crippen molar-refractivity contribution in [3.05, 3.63) is 95.1 Å². The van der Waals surface area contributed by atoms with Crippen LogP contribution in [-0.4, -0.2) is 17.4 Å². The van der Waals surface area contributed by atoms with Crippen LogP contribution in [0, 0.1) is 18.3 Å². The Bertz CT molecular complexity index is 1050. The number of rotatable bonds is 5. The lowest BCUT2D eigenvalue weighted by Gasteiger charge is -2.38. The fraction of sp³-hybridized carbons (Fsp3) is 0.167. The number of anilines is 1. The average molecular weight is 383 g/mol. The number of hydrogen-bond acceptors (Lipinski definition) is 4. The molecule has 0 bridgehead atoms. The number of benzene rings is 3. The molecular weight excluding hydrogens is 362 g/mol. The minimum absolute atomic E-state index is 0.00488. The normalized spacial score (nSPS) is 15.2. The first-order chi connectivity index (χ1) is 14.2. The summed E-state index contributed by atoms with van der Waals surface area (Å²) in [5.74, 6) is 0.623. The number of nitrogens with one attached hydrogen (secondary N) is 1. The molecule has 1 aliphatic rings. The largest absolute Gasteiger partial charge is 0.479 e. The van der Waals surface area contributed by atoms with Gasteiger partial charge < -0.3 is 15.0 Å². The summed E-state index contributed by atoms with van der Waals surface area (Å²) in [5, 5.41) is 12.2. The molecule has 5 nitrogen and oxygen atoms in total. The molecular formula is C24H21N3O2. The number of amides is 1. The summed E-state index contributed by atoms with van der Waals surface area (Å²) in [6.07, 6.45) is -0.302. The second kappa shape index (κ2) is 8.07. The Morgan fingerprint density at radius 2 is 1.76 bits per heavy atom. The summed E-state index contributed by atoms with van der Waals surface area (Å²) < 4.78 is 5.35. The molecule has 1 heterocycles. The van der Waals surface area contributed by atoms with E-state index in [0.29, 0.717) is 17.9 Å². The number of nitrogens with zero attached hydrogens (tertiary/aromatic N) is 2. The monoisotopic (exact) mass is 383 g/mol. The highest BCUT2D eigenvalue weighted by Crippen LogP contribution is 2.34. The van der Waals surface area contributed by atoms with Gasteiger partial charge in [-0.3, -0.25) is 4.79 Å². The van der Waals surface area contributed by atoms with Gasteiger partial charge in [0.2, 0.25) is 0 Å². The summed E-state index contributed by atoms with van der Waals surface area (Å²) in [6.45, 7) is 2.55. The minimum Gasteiger partial charge on any atom is -0.479 e. The van der Waals surface area contributed by atoms with Crippen molar-refractivity contribution in [3.8, 4) is 11.8 Å². The molecule has 0 radical (unpaired) electrons. The highest BCUT2D eigenvalue weighted by molar-refractivity contribution is 6.01. The smallest absolute Gasteiger partial charge is 0.258 e. The molecule has 29 heavy (non-hydrogen) atoms. The summed E-state index contributed by atoms with van der Waals surface area (Å²) in [5.41, 5.74) is 4.71. The van der Waals surface area contributed by atoms with Crippen molar-refractivity contribution in [2.75, 3.05) is 11.9 Å². The zero-order valence-corrected chi connectivity index (χ0v) is 16.1. The molecule has 5 heteroatoms. The van der Waals surface area contributed by atoms with Crippen LogP contribution in [0.1, 0.15) is 33.2 Å². The SMILES string of the molecule is Cc1ccc(CN2C(=O)c3ccccc3N[C@@H]2c2ccc(OCC#N)cc2)cc1. The van der Waals surface area contributed by atoms with Crippen molar-refractivity contribution in [2.45, 2.75) is 19.6 Å². The Morgan fingerprint density at radius 3 is 2.48 bits per heavy atom. The number of aryl methyl sites for hydroxylation is 1. The molecule has 0 aromatic heterocycles. The molecule has 0 fully saturated rings. The van der Waals surface area contributed by atoms with Crippen LogP contribution < -0.4 is 10.1 Å². The lowest BCUT2D eigenvalue weighted by molar-refractivity contribution is 0.0666. The lowest BCUT2D eigenvalue weighted by atomic mass is 10.0. The predicted molar refractivity (Wildman–Crippen MR) is 111 cm³/mol. The van der Waals surface area contributed by atoms with Gasteiger partial charge in [-0.05, 0) is 42.3 Å². The van der Waals surface area contributed by atoms with Crippen LogP contribution in [0.15, 0.2) is 72.8 Å². The van der Waals surface area contributed by atoms with E-state index in [1.165, 1.54) is 5.56 Å². The van der Waals surface area contributed by atoms with E-state index in [-0.39, 0.29) is 18.7 Å². The number of ether oxygens (including phenoxy) is 1. The van der Waals surface area contributed by atoms with E-state index in [9.17, 15) is 4.79 Å². The molecule has 0 spiro atoms. The summed E-state index contributed by atoms with van der Waals surface area (Å²) in [7, 11) is 0. The van der Waals surface area contributed by atoms with Gasteiger partial charge in [0.1, 0.15) is 18.0 Å². The van der Waals surface area contributed by atoms with Crippen LogP contribution in [0.3, 0.4) is 0 Å². The van der Waals surface area contributed by atoms with Gasteiger partial charge in [0.25, 0.3) is 5.91 Å². The molecule has 0 unspecified atom stereocenters. The Labute approximate surface area is 170 Å². The van der Waals surface area contributed by atoms with E-state index in [4.69, 9.17) is 10.00 Å². The van der Waals surface area contributed by atoms with Crippen molar-refractivity contribution in [1.29, 1.82) is 5.26 Å². The van der Waals surface area contributed by atoms with E-state index in [2.05, 4.69) is 29.6 Å². The quantitative estimate of drug-likeness (QED) is 0.696. The first-order valence-corrected chi connectivity index (χ1v) is 9.47. The van der Waals surface area contributed by atoms with E-state index in [1.807, 2.05) is 66.4 Å². The van der Waals surface area contributed by atoms with Gasteiger partial charge in [0.15, 0.2) is 6.61 Å². The molecule has 1 amide bonds. The Balaban J connectivity index is 1.67. The fourth-order valence-corrected chi connectivity index (χ4v) is 3.47. The molecule has 144 valence electrons. The predicted octanol–water partition coefficient (Wildman–Crippen LogP) is 4.66. The highest BCUT2D eigenvalue weighted by Gasteiger charge is 2.32. The topological polar surface area (TPSA) is 65.4 Å². The molecule has 4 rings (SSSR count). The van der Waals surface area contributed by atoms with Crippen molar-refractivity contribution in [1.82, 2.24) is 4.90 Å². The average Bonchev–Trinajstić information content (AvgIpc) is 2.76. The van der Waals surface area contributed by atoms with Gasteiger partial charge in [-0.15, -0.1) is 0 Å². The number of carbonyl (C=O) groups is 1. The third-order valence-corrected chi connectivity index (χ3v) is 4.99. The maximum absolute atomic E-state index is 13.3. The van der Waals surface area contributed by atoms with Crippen molar-refractivity contribution in [3.63, 3.8) is 0 Å². The summed E-state index contributed by atoms with van der Waals surface area (Å²) >= 11 is 0. The third kappa shape index (κ3) is 3.92. The van der Waals surface area contributed by atoms with Crippen molar-refractivity contribution in [2.24, 2.45) is 0 Å². The Kier molecular flexibility index (Phi) is 5.17. The molecule has 3 aromatic carbocycles. The summed E-state index contributed by atoms with van der Waals surface area (Å²) in [6, 6.07) is 25.3. The van der Waals surface area contributed by atoms with Crippen molar-refractivity contribution >= 4 is 11.6 Å². The maximum Gasteiger partial charge on any atom is 0.258 e. The first kappa shape index (κ1) is 18.6. The molecule has 1 atom stereocenters. The van der Waals surface area contributed by atoms with Gasteiger partial charge in [-0.2, -0.15) is 5.26 Å². The van der Waals surface area contributed by atoms with Crippen LogP contribution in [0.2, 0.25) is 0 Å². The van der Waals surface area contributed by atoms with Gasteiger partial charge in [0.05, 0.1) is 5.56 Å². The standard InChI is InChI=1S/C24H21N3O2/c1-17-6-8-18(9-7-17)16-27-23(19-10-12-20(13-11-19)29-15-14-25)26-22-5-3-2-4-21(22)24(27)28/h2-13,23,26H,15-16H2,1H3/t23-/m0/s1. The van der Waals surface area contributed by atoms with Crippen molar-refractivity contribution < 1.29 is 9.53 Å². The molecule has 1 N–H and O–H groups in total. The number of carbonyl (C=O) groups excluding carboxylic acids is 1. The number of hydrogen-bond donors (Lipinski definition) is 1. The maximum atomic E-state index is 13.3. The molecule has 3 aromatic rings. The summed E-state index contributed by atoms with van der Waals surface area (Å²) in [4.78, 5) is 15.2. The zero-order valence-electron chi connectivity index (χ0n) is 16.1. The second-order valence-electron chi connectivity index (χ2n) is 7.03. The van der Waals surface area contributed by atoms with E-state index in [0.717, 1.165) is 16.8 Å². The van der Waals surface area contributed by atoms with Gasteiger partial charge in [-0.1, -0.05) is 54.1 Å². The minimum atomic E-state index is -0.302. The molecule has 1 aliphatic heterocycles. The van der Waals surface area contributed by atoms with Gasteiger partial charge >= 0.3 is 0 Å². The van der Waals surface area contributed by atoms with Crippen LogP contribution in [0.25, 0.3) is 0 Å². The lowest BCUT2D eigenvalue weighted by Crippen LogP contribution is -2.42.